The second kappa shape index (κ2) is 5.83. The van der Waals surface area contributed by atoms with Gasteiger partial charge in [-0.05, 0) is 34.4 Å². The van der Waals surface area contributed by atoms with Crippen LogP contribution in [0.3, 0.4) is 0 Å². The molecule has 0 heterocycles. The molecule has 126 valence electrons. The third kappa shape index (κ3) is 3.37. The molecule has 0 bridgehead atoms. The number of rotatable bonds is 2. The molecule has 0 amide bonds. The molecule has 0 radical (unpaired) electrons. The molecule has 1 aliphatic carbocycles. The Morgan fingerprint density at radius 1 is 1.04 bits per heavy atom. The Balaban J connectivity index is 2.47. The normalized spacial score (nSPS) is 24.9. The number of hydrogen-bond donors (Lipinski definition) is 2. The number of benzene rings is 1. The third-order valence-corrected chi connectivity index (χ3v) is 5.09. The second-order valence-corrected chi connectivity index (χ2v) is 8.76. The van der Waals surface area contributed by atoms with Gasteiger partial charge in [0.25, 0.3) is 0 Å². The number of phenolic OH excluding ortho intramolecular Hbond substituents is 1. The van der Waals surface area contributed by atoms with Gasteiger partial charge in [-0.15, -0.1) is 0 Å². The number of allylic oxidation sites excluding steroid dienone is 2. The molecule has 2 unspecified atom stereocenters. The van der Waals surface area contributed by atoms with E-state index in [1.165, 1.54) is 0 Å². The van der Waals surface area contributed by atoms with E-state index < -0.39 is 6.10 Å². The van der Waals surface area contributed by atoms with Crippen molar-refractivity contribution in [2.75, 3.05) is 0 Å². The van der Waals surface area contributed by atoms with Crippen LogP contribution in [0.15, 0.2) is 42.5 Å². The molecule has 1 aliphatic rings. The van der Waals surface area contributed by atoms with Crippen LogP contribution in [0, 0.1) is 10.8 Å². The molecule has 2 atom stereocenters. The highest BCUT2D eigenvalue weighted by molar-refractivity contribution is 5.42. The molecular formula is C21H30O2. The minimum absolute atomic E-state index is 0.0898. The van der Waals surface area contributed by atoms with Crippen molar-refractivity contribution in [3.8, 4) is 5.75 Å². The number of aliphatic hydroxyl groups excluding tert-OH is 1. The maximum atomic E-state index is 10.7. The molecule has 1 aromatic carbocycles. The van der Waals surface area contributed by atoms with Gasteiger partial charge in [0.05, 0.1) is 6.10 Å². The molecule has 0 fully saturated rings. The maximum absolute atomic E-state index is 10.7. The van der Waals surface area contributed by atoms with Crippen LogP contribution in [-0.2, 0) is 11.8 Å². The van der Waals surface area contributed by atoms with Crippen LogP contribution in [-0.4, -0.2) is 16.3 Å². The van der Waals surface area contributed by atoms with E-state index in [1.807, 2.05) is 24.3 Å². The van der Waals surface area contributed by atoms with Gasteiger partial charge in [0, 0.05) is 5.41 Å². The Morgan fingerprint density at radius 2 is 1.70 bits per heavy atom. The lowest BCUT2D eigenvalue weighted by Crippen LogP contribution is -2.46. The van der Waals surface area contributed by atoms with Gasteiger partial charge in [-0.1, -0.05) is 78.0 Å². The van der Waals surface area contributed by atoms with Crippen molar-refractivity contribution in [3.05, 3.63) is 53.6 Å². The quantitative estimate of drug-likeness (QED) is 0.827. The zero-order chi connectivity index (χ0) is 17.5. The third-order valence-electron chi connectivity index (χ3n) is 5.09. The molecule has 2 N–H and O–H groups in total. The summed E-state index contributed by atoms with van der Waals surface area (Å²) in [4.78, 5) is 0. The molecule has 0 saturated carbocycles. The van der Waals surface area contributed by atoms with Crippen molar-refractivity contribution in [2.24, 2.45) is 10.8 Å². The smallest absolute Gasteiger partial charge is 0.119 e. The van der Waals surface area contributed by atoms with Crippen molar-refractivity contribution >= 4 is 0 Å². The summed E-state index contributed by atoms with van der Waals surface area (Å²) in [6, 6.07) is 5.83. The highest BCUT2D eigenvalue weighted by Crippen LogP contribution is 2.48. The van der Waals surface area contributed by atoms with E-state index >= 15 is 0 Å². The van der Waals surface area contributed by atoms with Crippen molar-refractivity contribution in [1.29, 1.82) is 0 Å². The summed E-state index contributed by atoms with van der Waals surface area (Å²) < 4.78 is 0. The first-order chi connectivity index (χ1) is 10.5. The summed E-state index contributed by atoms with van der Waals surface area (Å²) in [5.41, 5.74) is 1.53. The van der Waals surface area contributed by atoms with Gasteiger partial charge in [0.15, 0.2) is 0 Å². The number of aliphatic hydroxyl groups is 1. The minimum Gasteiger partial charge on any atom is -0.508 e. The first-order valence-corrected chi connectivity index (χ1v) is 8.34. The molecule has 0 aromatic heterocycles. The van der Waals surface area contributed by atoms with Crippen LogP contribution in [0.1, 0.15) is 52.7 Å². The lowest BCUT2D eigenvalue weighted by molar-refractivity contribution is 0.0102. The van der Waals surface area contributed by atoms with E-state index in [9.17, 15) is 10.2 Å². The van der Waals surface area contributed by atoms with E-state index in [1.54, 1.807) is 6.07 Å². The van der Waals surface area contributed by atoms with Crippen LogP contribution in [0.25, 0.3) is 0 Å². The van der Waals surface area contributed by atoms with Crippen molar-refractivity contribution < 1.29 is 10.2 Å². The fraction of sp³-hybridized carbons (Fsp3) is 0.524. The molecule has 0 aliphatic heterocycles. The Morgan fingerprint density at radius 3 is 2.22 bits per heavy atom. The second-order valence-electron chi connectivity index (χ2n) is 8.76. The standard InChI is InChI=1S/C21H30O2/c1-19(2,3)16-13-15(10-11-17(16)22)14-21(20(4,5)6)12-8-7-9-18(21)23/h7-13,18,22-23H,14H2,1-6H3. The highest BCUT2D eigenvalue weighted by atomic mass is 16.3. The fourth-order valence-corrected chi connectivity index (χ4v) is 3.42. The largest absolute Gasteiger partial charge is 0.508 e. The summed E-state index contributed by atoms with van der Waals surface area (Å²) in [7, 11) is 0. The Kier molecular flexibility index (Phi) is 4.51. The monoisotopic (exact) mass is 314 g/mol. The number of aromatic hydroxyl groups is 1. The van der Waals surface area contributed by atoms with Crippen LogP contribution in [0.2, 0.25) is 0 Å². The van der Waals surface area contributed by atoms with Gasteiger partial charge in [0.2, 0.25) is 0 Å². The van der Waals surface area contributed by atoms with E-state index in [0.29, 0.717) is 5.75 Å². The molecule has 2 heteroatoms. The minimum atomic E-state index is -0.514. The van der Waals surface area contributed by atoms with Gasteiger partial charge >= 0.3 is 0 Å². The molecule has 1 aromatic rings. The van der Waals surface area contributed by atoms with Gasteiger partial charge in [0.1, 0.15) is 5.75 Å². The average Bonchev–Trinajstić information content (AvgIpc) is 2.41. The first-order valence-electron chi connectivity index (χ1n) is 8.34. The highest BCUT2D eigenvalue weighted by Gasteiger charge is 2.45. The van der Waals surface area contributed by atoms with Gasteiger partial charge < -0.3 is 10.2 Å². The van der Waals surface area contributed by atoms with E-state index in [0.717, 1.165) is 17.5 Å². The maximum Gasteiger partial charge on any atom is 0.119 e. The van der Waals surface area contributed by atoms with E-state index in [4.69, 9.17) is 0 Å². The molecule has 0 saturated heterocycles. The van der Waals surface area contributed by atoms with E-state index in [2.05, 4.69) is 53.7 Å². The van der Waals surface area contributed by atoms with Crippen LogP contribution in [0.4, 0.5) is 0 Å². The lowest BCUT2D eigenvalue weighted by atomic mass is 9.59. The molecule has 0 spiro atoms. The molecular weight excluding hydrogens is 284 g/mol. The van der Waals surface area contributed by atoms with Crippen molar-refractivity contribution in [3.63, 3.8) is 0 Å². The zero-order valence-electron chi connectivity index (χ0n) is 15.2. The number of phenols is 1. The van der Waals surface area contributed by atoms with Gasteiger partial charge in [-0.3, -0.25) is 0 Å². The topological polar surface area (TPSA) is 40.5 Å². The molecule has 2 rings (SSSR count). The summed E-state index contributed by atoms with van der Waals surface area (Å²) in [5, 5.41) is 20.9. The van der Waals surface area contributed by atoms with Crippen LogP contribution < -0.4 is 0 Å². The predicted molar refractivity (Wildman–Crippen MR) is 96.7 cm³/mol. The Labute approximate surface area is 140 Å². The average molecular weight is 314 g/mol. The van der Waals surface area contributed by atoms with Crippen molar-refractivity contribution in [1.82, 2.24) is 0 Å². The summed E-state index contributed by atoms with van der Waals surface area (Å²) in [5.74, 6) is 0.339. The first kappa shape index (κ1) is 17.8. The van der Waals surface area contributed by atoms with E-state index in [-0.39, 0.29) is 16.2 Å². The van der Waals surface area contributed by atoms with Gasteiger partial charge in [-0.2, -0.15) is 0 Å². The SMILES string of the molecule is CC(C)(C)c1cc(CC2(C(C)(C)C)C=CC=CC2O)ccc1O. The predicted octanol–water partition coefficient (Wildman–Crippen LogP) is 4.75. The summed E-state index contributed by atoms with van der Waals surface area (Å²) >= 11 is 0. The zero-order valence-corrected chi connectivity index (χ0v) is 15.2. The molecule has 2 nitrogen and oxygen atoms in total. The fourth-order valence-electron chi connectivity index (χ4n) is 3.42. The van der Waals surface area contributed by atoms with Crippen molar-refractivity contribution in [2.45, 2.75) is 59.5 Å². The summed E-state index contributed by atoms with van der Waals surface area (Å²) in [6.07, 6.45) is 8.17. The van der Waals surface area contributed by atoms with Crippen LogP contribution >= 0.6 is 0 Å². The molecule has 23 heavy (non-hydrogen) atoms. The lowest BCUT2D eigenvalue weighted by Gasteiger charge is -2.46. The Bertz CT molecular complexity index is 626. The summed E-state index contributed by atoms with van der Waals surface area (Å²) in [6.45, 7) is 12.8. The number of hydrogen-bond acceptors (Lipinski definition) is 2. The Hall–Kier alpha value is -1.54. The van der Waals surface area contributed by atoms with Crippen LogP contribution in [0.5, 0.6) is 5.75 Å². The van der Waals surface area contributed by atoms with Gasteiger partial charge in [-0.25, -0.2) is 0 Å².